The van der Waals surface area contributed by atoms with Crippen LogP contribution in [0.1, 0.15) is 30.9 Å². The molecule has 0 atom stereocenters. The number of isocyanates is 1. The van der Waals surface area contributed by atoms with E-state index in [4.69, 9.17) is 16.3 Å². The molecule has 0 saturated heterocycles. The molecule has 0 aromatic heterocycles. The SMILES string of the molecule is COc1c(CN=C=O)cc(Cl)cc1C(C)C. The first-order valence-electron chi connectivity index (χ1n) is 5.00. The Morgan fingerprint density at radius 2 is 2.19 bits per heavy atom. The van der Waals surface area contributed by atoms with Gasteiger partial charge >= 0.3 is 0 Å². The summed E-state index contributed by atoms with van der Waals surface area (Å²) in [6, 6.07) is 3.63. The molecular weight excluding hydrogens is 226 g/mol. The molecule has 1 aromatic carbocycles. The van der Waals surface area contributed by atoms with Crippen LogP contribution in [0.5, 0.6) is 5.75 Å². The molecule has 0 heterocycles. The number of nitrogens with zero attached hydrogens (tertiary/aromatic N) is 1. The van der Waals surface area contributed by atoms with Gasteiger partial charge in [-0.05, 0) is 23.6 Å². The van der Waals surface area contributed by atoms with Crippen molar-refractivity contribution in [3.05, 3.63) is 28.3 Å². The first kappa shape index (κ1) is 12.8. The van der Waals surface area contributed by atoms with Crippen LogP contribution in [-0.4, -0.2) is 13.2 Å². The van der Waals surface area contributed by atoms with Crippen molar-refractivity contribution in [2.75, 3.05) is 7.11 Å². The van der Waals surface area contributed by atoms with Crippen LogP contribution in [0.15, 0.2) is 17.1 Å². The highest BCUT2D eigenvalue weighted by molar-refractivity contribution is 6.30. The van der Waals surface area contributed by atoms with Crippen LogP contribution in [0.4, 0.5) is 0 Å². The maximum Gasteiger partial charge on any atom is 0.235 e. The molecular formula is C12H14ClNO2. The summed E-state index contributed by atoms with van der Waals surface area (Å²) in [7, 11) is 1.60. The molecule has 0 radical (unpaired) electrons. The molecule has 86 valence electrons. The first-order valence-corrected chi connectivity index (χ1v) is 5.37. The lowest BCUT2D eigenvalue weighted by Crippen LogP contribution is -1.99. The summed E-state index contributed by atoms with van der Waals surface area (Å²) in [4.78, 5) is 13.7. The normalized spacial score (nSPS) is 10.1. The van der Waals surface area contributed by atoms with Crippen LogP contribution in [-0.2, 0) is 11.3 Å². The van der Waals surface area contributed by atoms with E-state index in [1.165, 1.54) is 6.08 Å². The van der Waals surface area contributed by atoms with Gasteiger partial charge in [0, 0.05) is 10.6 Å². The van der Waals surface area contributed by atoms with Crippen LogP contribution < -0.4 is 4.74 Å². The van der Waals surface area contributed by atoms with E-state index < -0.39 is 0 Å². The number of aliphatic imine (C=N–C) groups is 1. The highest BCUT2D eigenvalue weighted by Crippen LogP contribution is 2.33. The van der Waals surface area contributed by atoms with Gasteiger partial charge in [-0.1, -0.05) is 25.4 Å². The van der Waals surface area contributed by atoms with Gasteiger partial charge in [0.25, 0.3) is 0 Å². The Hall–Kier alpha value is -1.31. The number of halogens is 1. The van der Waals surface area contributed by atoms with Crippen molar-refractivity contribution >= 4 is 17.7 Å². The van der Waals surface area contributed by atoms with Crippen LogP contribution in [0.25, 0.3) is 0 Å². The Morgan fingerprint density at radius 3 is 2.69 bits per heavy atom. The predicted octanol–water partition coefficient (Wildman–Crippen LogP) is 3.31. The molecule has 0 N–H and O–H groups in total. The molecule has 0 unspecified atom stereocenters. The van der Waals surface area contributed by atoms with Gasteiger partial charge in [-0.25, -0.2) is 9.79 Å². The minimum absolute atomic E-state index is 0.243. The van der Waals surface area contributed by atoms with Crippen LogP contribution in [0.3, 0.4) is 0 Å². The second-order valence-electron chi connectivity index (χ2n) is 3.75. The van der Waals surface area contributed by atoms with Crippen molar-refractivity contribution in [3.63, 3.8) is 0 Å². The summed E-state index contributed by atoms with van der Waals surface area (Å²) in [6.45, 7) is 4.36. The topological polar surface area (TPSA) is 38.7 Å². The number of methoxy groups -OCH3 is 1. The lowest BCUT2D eigenvalue weighted by molar-refractivity contribution is 0.402. The van der Waals surface area contributed by atoms with Gasteiger partial charge in [-0.3, -0.25) is 0 Å². The molecule has 0 bridgehead atoms. The summed E-state index contributed by atoms with van der Waals surface area (Å²) in [5.41, 5.74) is 1.83. The monoisotopic (exact) mass is 239 g/mol. The minimum atomic E-state index is 0.243. The first-order chi connectivity index (χ1) is 7.60. The standard InChI is InChI=1S/C12H14ClNO2/c1-8(2)11-5-10(13)4-9(6-14-7-15)12(11)16-3/h4-5,8H,6H2,1-3H3. The molecule has 0 amide bonds. The van der Waals surface area contributed by atoms with Crippen LogP contribution in [0.2, 0.25) is 5.02 Å². The highest BCUT2D eigenvalue weighted by Gasteiger charge is 2.13. The fourth-order valence-electron chi connectivity index (χ4n) is 1.59. The van der Waals surface area contributed by atoms with Gasteiger partial charge in [0.05, 0.1) is 13.7 Å². The van der Waals surface area contributed by atoms with Crippen molar-refractivity contribution in [2.45, 2.75) is 26.3 Å². The molecule has 16 heavy (non-hydrogen) atoms. The largest absolute Gasteiger partial charge is 0.496 e. The molecule has 0 saturated carbocycles. The van der Waals surface area contributed by atoms with Gasteiger partial charge in [-0.15, -0.1) is 0 Å². The molecule has 0 spiro atoms. The van der Waals surface area contributed by atoms with Gasteiger partial charge in [0.2, 0.25) is 6.08 Å². The maximum atomic E-state index is 10.1. The zero-order chi connectivity index (χ0) is 12.1. The number of benzene rings is 1. The molecule has 4 heteroatoms. The highest BCUT2D eigenvalue weighted by atomic mass is 35.5. The molecule has 3 nitrogen and oxygen atoms in total. The Labute approximate surface area is 100 Å². The number of carbonyl (C=O) groups excluding carboxylic acids is 1. The van der Waals surface area contributed by atoms with E-state index >= 15 is 0 Å². The lowest BCUT2D eigenvalue weighted by Gasteiger charge is -2.15. The maximum absolute atomic E-state index is 10.1. The van der Waals surface area contributed by atoms with Gasteiger partial charge < -0.3 is 4.74 Å². The molecule has 1 rings (SSSR count). The number of hydrogen-bond acceptors (Lipinski definition) is 3. The second kappa shape index (κ2) is 5.69. The third-order valence-corrected chi connectivity index (χ3v) is 2.52. The van der Waals surface area contributed by atoms with E-state index in [9.17, 15) is 4.79 Å². The molecule has 0 aliphatic rings. The van der Waals surface area contributed by atoms with Gasteiger partial charge in [-0.2, -0.15) is 0 Å². The Bertz CT molecular complexity index is 423. The number of hydrogen-bond donors (Lipinski definition) is 0. The van der Waals surface area contributed by atoms with Crippen molar-refractivity contribution in [1.29, 1.82) is 0 Å². The fraction of sp³-hybridized carbons (Fsp3) is 0.417. The molecule has 1 aromatic rings. The summed E-state index contributed by atoms with van der Waals surface area (Å²) < 4.78 is 5.34. The zero-order valence-corrected chi connectivity index (χ0v) is 10.3. The zero-order valence-electron chi connectivity index (χ0n) is 9.58. The van der Waals surface area contributed by atoms with Crippen molar-refractivity contribution in [2.24, 2.45) is 4.99 Å². The summed E-state index contributed by atoms with van der Waals surface area (Å²) in [5, 5.41) is 0.626. The fourth-order valence-corrected chi connectivity index (χ4v) is 1.84. The molecule has 0 aliphatic carbocycles. The van der Waals surface area contributed by atoms with E-state index in [-0.39, 0.29) is 6.54 Å². The van der Waals surface area contributed by atoms with E-state index in [0.717, 1.165) is 16.9 Å². The van der Waals surface area contributed by atoms with Crippen LogP contribution >= 0.6 is 11.6 Å². The second-order valence-corrected chi connectivity index (χ2v) is 4.19. The molecule has 0 fully saturated rings. The number of rotatable bonds is 4. The van der Waals surface area contributed by atoms with Gasteiger partial charge in [0.1, 0.15) is 5.75 Å². The third kappa shape index (κ3) is 2.84. The van der Waals surface area contributed by atoms with Crippen molar-refractivity contribution in [1.82, 2.24) is 0 Å². The Balaban J connectivity index is 3.29. The quantitative estimate of drug-likeness (QED) is 0.597. The van der Waals surface area contributed by atoms with E-state index in [0.29, 0.717) is 10.9 Å². The smallest absolute Gasteiger partial charge is 0.235 e. The summed E-state index contributed by atoms with van der Waals surface area (Å²) in [6.07, 6.45) is 1.51. The van der Waals surface area contributed by atoms with E-state index in [1.807, 2.05) is 6.07 Å². The van der Waals surface area contributed by atoms with Crippen molar-refractivity contribution in [3.8, 4) is 5.75 Å². The number of ether oxygens (including phenoxy) is 1. The minimum Gasteiger partial charge on any atom is -0.496 e. The van der Waals surface area contributed by atoms with E-state index in [2.05, 4.69) is 18.8 Å². The van der Waals surface area contributed by atoms with Crippen LogP contribution in [0, 0.1) is 0 Å². The molecule has 0 aliphatic heterocycles. The summed E-state index contributed by atoms with van der Waals surface area (Å²) in [5.74, 6) is 1.05. The third-order valence-electron chi connectivity index (χ3n) is 2.30. The van der Waals surface area contributed by atoms with Gasteiger partial charge in [0.15, 0.2) is 0 Å². The summed E-state index contributed by atoms with van der Waals surface area (Å²) >= 11 is 6.01. The average molecular weight is 240 g/mol. The predicted molar refractivity (Wildman–Crippen MR) is 63.9 cm³/mol. The van der Waals surface area contributed by atoms with E-state index in [1.54, 1.807) is 13.2 Å². The lowest BCUT2D eigenvalue weighted by atomic mass is 9.99. The van der Waals surface area contributed by atoms with Crippen molar-refractivity contribution < 1.29 is 9.53 Å². The Kier molecular flexibility index (Phi) is 4.53. The average Bonchev–Trinajstić information content (AvgIpc) is 2.25. The Morgan fingerprint density at radius 1 is 1.50 bits per heavy atom.